The van der Waals surface area contributed by atoms with E-state index in [1.165, 1.54) is 38.3 Å². The highest BCUT2D eigenvalue weighted by atomic mass is 16.3. The molecule has 0 radical (unpaired) electrons. The van der Waals surface area contributed by atoms with Gasteiger partial charge in [-0.2, -0.15) is 5.10 Å². The third-order valence-electron chi connectivity index (χ3n) is 2.93. The number of rotatable bonds is 10. The van der Waals surface area contributed by atoms with E-state index in [0.29, 0.717) is 12.2 Å². The summed E-state index contributed by atoms with van der Waals surface area (Å²) in [5, 5.41) is 3.83. The fourth-order valence-electron chi connectivity index (χ4n) is 1.83. The molecule has 1 heterocycles. The number of carbonyl (C=O) groups is 1. The van der Waals surface area contributed by atoms with Gasteiger partial charge in [0.2, 0.25) is 5.91 Å². The predicted molar refractivity (Wildman–Crippen MR) is 77.1 cm³/mol. The van der Waals surface area contributed by atoms with E-state index in [0.717, 1.165) is 12.8 Å². The van der Waals surface area contributed by atoms with Gasteiger partial charge in [-0.1, -0.05) is 45.4 Å². The van der Waals surface area contributed by atoms with Gasteiger partial charge >= 0.3 is 0 Å². The van der Waals surface area contributed by atoms with Crippen molar-refractivity contribution in [2.45, 2.75) is 58.3 Å². The Hall–Kier alpha value is -1.58. The smallest absolute Gasteiger partial charge is 0.240 e. The summed E-state index contributed by atoms with van der Waals surface area (Å²) >= 11 is 0. The summed E-state index contributed by atoms with van der Waals surface area (Å²) in [6.45, 7) is 2.22. The molecular formula is C15H24N2O2. The van der Waals surface area contributed by atoms with Crippen LogP contribution in [0.5, 0.6) is 0 Å². The van der Waals surface area contributed by atoms with Crippen LogP contribution >= 0.6 is 0 Å². The SMILES string of the molecule is CCCCCCCCCC(=O)NN=Cc1ccco1. The van der Waals surface area contributed by atoms with Gasteiger partial charge in [0.1, 0.15) is 5.76 Å². The first-order valence-electron chi connectivity index (χ1n) is 7.18. The third-order valence-corrected chi connectivity index (χ3v) is 2.93. The summed E-state index contributed by atoms with van der Waals surface area (Å²) in [7, 11) is 0. The molecule has 1 aromatic rings. The van der Waals surface area contributed by atoms with E-state index in [2.05, 4.69) is 17.5 Å². The Balaban J connectivity index is 1.96. The van der Waals surface area contributed by atoms with Gasteiger partial charge in [-0.05, 0) is 18.6 Å². The van der Waals surface area contributed by atoms with Gasteiger partial charge in [-0.3, -0.25) is 4.79 Å². The van der Waals surface area contributed by atoms with Crippen LogP contribution in [0.1, 0.15) is 64.1 Å². The van der Waals surface area contributed by atoms with E-state index >= 15 is 0 Å². The Labute approximate surface area is 115 Å². The van der Waals surface area contributed by atoms with Gasteiger partial charge in [0, 0.05) is 6.42 Å². The van der Waals surface area contributed by atoms with Gasteiger partial charge in [0.15, 0.2) is 0 Å². The molecule has 0 aromatic carbocycles. The lowest BCUT2D eigenvalue weighted by Crippen LogP contribution is -2.16. The molecule has 0 saturated heterocycles. The van der Waals surface area contributed by atoms with Crippen LogP contribution in [0, 0.1) is 0 Å². The molecule has 106 valence electrons. The Morgan fingerprint density at radius 2 is 2.00 bits per heavy atom. The standard InChI is InChI=1S/C15H24N2O2/c1-2-3-4-5-6-7-8-11-15(18)17-16-13-14-10-9-12-19-14/h9-10,12-13H,2-8,11H2,1H3,(H,17,18). The van der Waals surface area contributed by atoms with E-state index in [9.17, 15) is 4.79 Å². The van der Waals surface area contributed by atoms with Crippen LogP contribution in [-0.4, -0.2) is 12.1 Å². The molecule has 1 rings (SSSR count). The zero-order chi connectivity index (χ0) is 13.8. The highest BCUT2D eigenvalue weighted by molar-refractivity contribution is 5.80. The molecule has 0 bridgehead atoms. The Bertz CT molecular complexity index is 358. The van der Waals surface area contributed by atoms with E-state index in [1.54, 1.807) is 18.4 Å². The number of carbonyl (C=O) groups excluding carboxylic acids is 1. The van der Waals surface area contributed by atoms with Crippen molar-refractivity contribution >= 4 is 12.1 Å². The van der Waals surface area contributed by atoms with Gasteiger partial charge in [-0.15, -0.1) is 0 Å². The highest BCUT2D eigenvalue weighted by Gasteiger charge is 1.99. The Morgan fingerprint density at radius 3 is 2.68 bits per heavy atom. The number of furan rings is 1. The van der Waals surface area contributed by atoms with E-state index in [1.807, 2.05) is 0 Å². The molecule has 4 nitrogen and oxygen atoms in total. The van der Waals surface area contributed by atoms with Crippen LogP contribution in [-0.2, 0) is 4.79 Å². The molecule has 4 heteroatoms. The molecule has 1 amide bonds. The summed E-state index contributed by atoms with van der Waals surface area (Å²) in [5.74, 6) is 0.604. The first kappa shape index (κ1) is 15.5. The van der Waals surface area contributed by atoms with Crippen molar-refractivity contribution in [3.63, 3.8) is 0 Å². The maximum absolute atomic E-state index is 11.5. The van der Waals surface area contributed by atoms with Crippen molar-refractivity contribution in [3.05, 3.63) is 24.2 Å². The molecule has 0 saturated carbocycles. The van der Waals surface area contributed by atoms with Crippen molar-refractivity contribution in [2.24, 2.45) is 5.10 Å². The number of nitrogens with one attached hydrogen (secondary N) is 1. The third kappa shape index (κ3) is 8.19. The van der Waals surface area contributed by atoms with Crippen molar-refractivity contribution < 1.29 is 9.21 Å². The molecule has 0 aliphatic carbocycles. The average molecular weight is 264 g/mol. The van der Waals surface area contributed by atoms with Crippen molar-refractivity contribution in [3.8, 4) is 0 Å². The lowest BCUT2D eigenvalue weighted by molar-refractivity contribution is -0.121. The minimum Gasteiger partial charge on any atom is -0.463 e. The molecular weight excluding hydrogens is 240 g/mol. The number of nitrogens with zero attached hydrogens (tertiary/aromatic N) is 1. The molecule has 0 aliphatic rings. The number of amides is 1. The molecule has 0 spiro atoms. The molecule has 0 unspecified atom stereocenters. The zero-order valence-corrected chi connectivity index (χ0v) is 11.7. The topological polar surface area (TPSA) is 54.6 Å². The van der Waals surface area contributed by atoms with E-state index < -0.39 is 0 Å². The quantitative estimate of drug-likeness (QED) is 0.396. The van der Waals surface area contributed by atoms with Crippen LogP contribution in [0.2, 0.25) is 0 Å². The fraction of sp³-hybridized carbons (Fsp3) is 0.600. The van der Waals surface area contributed by atoms with Crippen molar-refractivity contribution in [1.82, 2.24) is 5.43 Å². The van der Waals surface area contributed by atoms with Crippen LogP contribution in [0.15, 0.2) is 27.9 Å². The summed E-state index contributed by atoms with van der Waals surface area (Å²) in [6.07, 6.45) is 12.1. The number of hydrogen-bond donors (Lipinski definition) is 1. The summed E-state index contributed by atoms with van der Waals surface area (Å²) < 4.78 is 5.06. The van der Waals surface area contributed by atoms with E-state index in [-0.39, 0.29) is 5.91 Å². The largest absolute Gasteiger partial charge is 0.463 e. The molecule has 0 fully saturated rings. The van der Waals surface area contributed by atoms with Crippen LogP contribution in [0.3, 0.4) is 0 Å². The van der Waals surface area contributed by atoms with Crippen molar-refractivity contribution in [2.75, 3.05) is 0 Å². The van der Waals surface area contributed by atoms with E-state index in [4.69, 9.17) is 4.42 Å². The predicted octanol–water partition coefficient (Wildman–Crippen LogP) is 3.87. The minimum absolute atomic E-state index is 0.0311. The molecule has 19 heavy (non-hydrogen) atoms. The first-order valence-corrected chi connectivity index (χ1v) is 7.18. The number of hydrogen-bond acceptors (Lipinski definition) is 3. The summed E-state index contributed by atoms with van der Waals surface area (Å²) in [6, 6.07) is 3.56. The van der Waals surface area contributed by atoms with Gasteiger partial charge in [-0.25, -0.2) is 5.43 Å². The zero-order valence-electron chi connectivity index (χ0n) is 11.7. The lowest BCUT2D eigenvalue weighted by Gasteiger charge is -2.01. The summed E-state index contributed by atoms with van der Waals surface area (Å²) in [5.41, 5.74) is 2.50. The van der Waals surface area contributed by atoms with Gasteiger partial charge < -0.3 is 4.42 Å². The average Bonchev–Trinajstić information content (AvgIpc) is 2.91. The monoisotopic (exact) mass is 264 g/mol. The molecule has 1 aromatic heterocycles. The first-order chi connectivity index (χ1) is 9.33. The maximum atomic E-state index is 11.5. The molecule has 1 N–H and O–H groups in total. The summed E-state index contributed by atoms with van der Waals surface area (Å²) in [4.78, 5) is 11.5. The van der Waals surface area contributed by atoms with Gasteiger partial charge in [0.05, 0.1) is 12.5 Å². The van der Waals surface area contributed by atoms with Crippen LogP contribution in [0.25, 0.3) is 0 Å². The van der Waals surface area contributed by atoms with Crippen LogP contribution < -0.4 is 5.43 Å². The normalized spacial score (nSPS) is 11.0. The van der Waals surface area contributed by atoms with Gasteiger partial charge in [0.25, 0.3) is 0 Å². The minimum atomic E-state index is -0.0311. The van der Waals surface area contributed by atoms with Crippen LogP contribution in [0.4, 0.5) is 0 Å². The second-order valence-electron chi connectivity index (χ2n) is 4.68. The Morgan fingerprint density at radius 1 is 1.26 bits per heavy atom. The second kappa shape index (κ2) is 10.4. The molecule has 0 atom stereocenters. The molecule has 0 aliphatic heterocycles. The van der Waals surface area contributed by atoms with Crippen molar-refractivity contribution in [1.29, 1.82) is 0 Å². The highest BCUT2D eigenvalue weighted by Crippen LogP contribution is 2.08. The Kier molecular flexibility index (Phi) is 8.43. The second-order valence-corrected chi connectivity index (χ2v) is 4.68. The lowest BCUT2D eigenvalue weighted by atomic mass is 10.1. The number of unbranched alkanes of at least 4 members (excludes halogenated alkanes) is 6. The fourth-order valence-corrected chi connectivity index (χ4v) is 1.83. The maximum Gasteiger partial charge on any atom is 0.240 e. The number of hydrazone groups is 1.